The number of anilines is 1. The molecule has 0 aliphatic carbocycles. The zero-order valence-electron chi connectivity index (χ0n) is 10.4. The number of hydrogen-bond donors (Lipinski definition) is 1. The number of benzene rings is 2. The van der Waals surface area contributed by atoms with Gasteiger partial charge in [0.2, 0.25) is 10.0 Å². The molecule has 0 amide bonds. The van der Waals surface area contributed by atoms with E-state index in [1.165, 1.54) is 30.3 Å². The van der Waals surface area contributed by atoms with Gasteiger partial charge in [0, 0.05) is 0 Å². The summed E-state index contributed by atoms with van der Waals surface area (Å²) in [6.45, 7) is 0. The highest BCUT2D eigenvalue weighted by molar-refractivity contribution is 7.91. The Labute approximate surface area is 116 Å². The van der Waals surface area contributed by atoms with Gasteiger partial charge in [0.25, 0.3) is 0 Å². The molecule has 0 unspecified atom stereocenters. The third-order valence-corrected chi connectivity index (χ3v) is 3.84. The summed E-state index contributed by atoms with van der Waals surface area (Å²) < 4.78 is 39.6. The maximum Gasteiger partial charge on any atom is 0.237 e. The molecule has 0 aliphatic rings. The van der Waals surface area contributed by atoms with Gasteiger partial charge in [-0.2, -0.15) is 5.26 Å². The molecular weight excluding hydrogens is 279 g/mol. The molecule has 0 heterocycles. The Bertz CT molecular complexity index is 767. The van der Waals surface area contributed by atoms with Crippen molar-refractivity contribution in [3.05, 3.63) is 65.5 Å². The van der Waals surface area contributed by atoms with Crippen LogP contribution < -0.4 is 4.72 Å². The lowest BCUT2D eigenvalue weighted by Gasteiger charge is -2.09. The van der Waals surface area contributed by atoms with Gasteiger partial charge in [0.1, 0.15) is 5.82 Å². The van der Waals surface area contributed by atoms with E-state index in [1.54, 1.807) is 18.2 Å². The van der Waals surface area contributed by atoms with Gasteiger partial charge in [0.05, 0.1) is 23.1 Å². The molecule has 4 nitrogen and oxygen atoms in total. The van der Waals surface area contributed by atoms with Crippen LogP contribution >= 0.6 is 0 Å². The van der Waals surface area contributed by atoms with Crippen molar-refractivity contribution in [2.24, 2.45) is 0 Å². The Morgan fingerprint density at radius 3 is 2.45 bits per heavy atom. The molecule has 0 radical (unpaired) electrons. The van der Waals surface area contributed by atoms with Crippen molar-refractivity contribution in [1.29, 1.82) is 5.26 Å². The van der Waals surface area contributed by atoms with Gasteiger partial charge in [-0.3, -0.25) is 4.72 Å². The Morgan fingerprint density at radius 2 is 1.75 bits per heavy atom. The van der Waals surface area contributed by atoms with Crippen LogP contribution in [-0.2, 0) is 15.8 Å². The van der Waals surface area contributed by atoms with Crippen molar-refractivity contribution in [2.45, 2.75) is 5.75 Å². The lowest BCUT2D eigenvalue weighted by molar-refractivity contribution is 0.598. The topological polar surface area (TPSA) is 70.0 Å². The molecule has 102 valence electrons. The molecule has 0 saturated carbocycles. The molecule has 0 spiro atoms. The van der Waals surface area contributed by atoms with Gasteiger partial charge in [-0.05, 0) is 23.8 Å². The minimum Gasteiger partial charge on any atom is -0.280 e. The smallest absolute Gasteiger partial charge is 0.237 e. The number of halogens is 1. The van der Waals surface area contributed by atoms with Crippen molar-refractivity contribution >= 4 is 15.7 Å². The predicted molar refractivity (Wildman–Crippen MR) is 73.8 cm³/mol. The van der Waals surface area contributed by atoms with Crippen LogP contribution in [0.2, 0.25) is 0 Å². The summed E-state index contributed by atoms with van der Waals surface area (Å²) in [7, 11) is -3.78. The summed E-state index contributed by atoms with van der Waals surface area (Å²) in [5.41, 5.74) is 0.548. The molecule has 2 aromatic carbocycles. The number of nitrogens with zero attached hydrogens (tertiary/aromatic N) is 1. The third-order valence-electron chi connectivity index (χ3n) is 2.62. The number of hydrogen-bond acceptors (Lipinski definition) is 3. The van der Waals surface area contributed by atoms with E-state index < -0.39 is 15.8 Å². The average Bonchev–Trinajstić information content (AvgIpc) is 2.41. The fourth-order valence-corrected chi connectivity index (χ4v) is 2.94. The van der Waals surface area contributed by atoms with Crippen LogP contribution in [0.5, 0.6) is 0 Å². The molecular formula is C14H11FN2O2S. The average molecular weight is 290 g/mol. The fourth-order valence-electron chi connectivity index (χ4n) is 1.71. The van der Waals surface area contributed by atoms with Crippen LogP contribution in [0, 0.1) is 17.1 Å². The van der Waals surface area contributed by atoms with E-state index in [4.69, 9.17) is 5.26 Å². The monoisotopic (exact) mass is 290 g/mol. The van der Waals surface area contributed by atoms with Gasteiger partial charge in [0.15, 0.2) is 0 Å². The quantitative estimate of drug-likeness (QED) is 0.941. The van der Waals surface area contributed by atoms with E-state index in [-0.39, 0.29) is 17.0 Å². The second kappa shape index (κ2) is 5.72. The summed E-state index contributed by atoms with van der Waals surface area (Å²) in [6.07, 6.45) is 0. The number of nitriles is 1. The minimum atomic E-state index is -3.78. The lowest BCUT2D eigenvalue weighted by atomic mass is 10.1. The zero-order valence-corrected chi connectivity index (χ0v) is 11.2. The van der Waals surface area contributed by atoms with Crippen molar-refractivity contribution in [2.75, 3.05) is 4.72 Å². The lowest BCUT2D eigenvalue weighted by Crippen LogP contribution is -2.16. The first-order valence-corrected chi connectivity index (χ1v) is 7.40. The van der Waals surface area contributed by atoms with Crippen LogP contribution in [0.1, 0.15) is 11.1 Å². The largest absolute Gasteiger partial charge is 0.280 e. The zero-order chi connectivity index (χ0) is 14.6. The van der Waals surface area contributed by atoms with E-state index in [0.29, 0.717) is 5.56 Å². The van der Waals surface area contributed by atoms with Crippen molar-refractivity contribution in [3.8, 4) is 6.07 Å². The number of sulfonamides is 1. The van der Waals surface area contributed by atoms with Crippen LogP contribution in [0.25, 0.3) is 0 Å². The molecule has 0 atom stereocenters. The maximum absolute atomic E-state index is 13.4. The molecule has 20 heavy (non-hydrogen) atoms. The summed E-state index contributed by atoms with van der Waals surface area (Å²) in [6, 6.07) is 13.8. The first-order chi connectivity index (χ1) is 9.52. The molecule has 0 aromatic heterocycles. The summed E-state index contributed by atoms with van der Waals surface area (Å²) in [5.74, 6) is -1.03. The summed E-state index contributed by atoms with van der Waals surface area (Å²) >= 11 is 0. The number of nitrogens with one attached hydrogen (secondary N) is 1. The Morgan fingerprint density at radius 1 is 1.10 bits per heavy atom. The number of rotatable bonds is 4. The third kappa shape index (κ3) is 3.33. The van der Waals surface area contributed by atoms with E-state index in [9.17, 15) is 12.8 Å². The first kappa shape index (κ1) is 14.0. The van der Waals surface area contributed by atoms with Crippen molar-refractivity contribution in [1.82, 2.24) is 0 Å². The Balaban J connectivity index is 2.25. The second-order valence-corrected chi connectivity index (χ2v) is 5.83. The maximum atomic E-state index is 13.4. The van der Waals surface area contributed by atoms with Gasteiger partial charge in [-0.25, -0.2) is 12.8 Å². The molecule has 2 aromatic rings. The van der Waals surface area contributed by atoms with Crippen molar-refractivity contribution < 1.29 is 12.8 Å². The molecule has 6 heteroatoms. The summed E-state index contributed by atoms with van der Waals surface area (Å²) in [5, 5.41) is 8.92. The molecule has 1 N–H and O–H groups in total. The predicted octanol–water partition coefficient (Wildman–Crippen LogP) is 2.64. The SMILES string of the molecule is N#Cc1ccccc1CS(=O)(=O)Nc1ccccc1F. The van der Waals surface area contributed by atoms with Gasteiger partial charge >= 0.3 is 0 Å². The van der Waals surface area contributed by atoms with E-state index >= 15 is 0 Å². The minimum absolute atomic E-state index is 0.109. The normalized spacial score (nSPS) is 10.8. The van der Waals surface area contributed by atoms with E-state index in [2.05, 4.69) is 4.72 Å². The highest BCUT2D eigenvalue weighted by Gasteiger charge is 2.15. The van der Waals surface area contributed by atoms with E-state index in [0.717, 1.165) is 0 Å². The summed E-state index contributed by atoms with van der Waals surface area (Å²) in [4.78, 5) is 0. The second-order valence-electron chi connectivity index (χ2n) is 4.11. The first-order valence-electron chi connectivity index (χ1n) is 5.75. The van der Waals surface area contributed by atoms with Crippen LogP contribution in [-0.4, -0.2) is 8.42 Å². The highest BCUT2D eigenvalue weighted by Crippen LogP contribution is 2.17. The van der Waals surface area contributed by atoms with E-state index in [1.807, 2.05) is 6.07 Å². The fraction of sp³-hybridized carbons (Fsp3) is 0.0714. The number of para-hydroxylation sites is 1. The van der Waals surface area contributed by atoms with Crippen LogP contribution in [0.4, 0.5) is 10.1 Å². The molecule has 0 saturated heterocycles. The highest BCUT2D eigenvalue weighted by atomic mass is 32.2. The Hall–Kier alpha value is -2.39. The standard InChI is InChI=1S/C14H11FN2O2S/c15-13-7-3-4-8-14(13)17-20(18,19)10-12-6-2-1-5-11(12)9-16/h1-8,17H,10H2. The van der Waals surface area contributed by atoms with Gasteiger partial charge < -0.3 is 0 Å². The van der Waals surface area contributed by atoms with Crippen LogP contribution in [0.3, 0.4) is 0 Å². The van der Waals surface area contributed by atoms with Gasteiger partial charge in [-0.15, -0.1) is 0 Å². The molecule has 0 fully saturated rings. The molecule has 0 bridgehead atoms. The van der Waals surface area contributed by atoms with Gasteiger partial charge in [-0.1, -0.05) is 30.3 Å². The van der Waals surface area contributed by atoms with Crippen LogP contribution in [0.15, 0.2) is 48.5 Å². The molecule has 2 rings (SSSR count). The van der Waals surface area contributed by atoms with Crippen molar-refractivity contribution in [3.63, 3.8) is 0 Å². The molecule has 0 aliphatic heterocycles. The Kier molecular flexibility index (Phi) is 4.01.